The predicted octanol–water partition coefficient (Wildman–Crippen LogP) is 3.80. The SMILES string of the molecule is Clc1ccc(-c2ccc(-c3cn[nH]c3)c3ncsc23)nn1. The largest absolute Gasteiger partial charge is 0.285 e. The molecule has 21 heavy (non-hydrogen) atoms. The van der Waals surface area contributed by atoms with E-state index in [9.17, 15) is 0 Å². The lowest BCUT2D eigenvalue weighted by molar-refractivity contribution is 1.04. The van der Waals surface area contributed by atoms with Gasteiger partial charge in [0.2, 0.25) is 0 Å². The Balaban J connectivity index is 1.95. The predicted molar refractivity (Wildman–Crippen MR) is 83.2 cm³/mol. The molecular weight excluding hydrogens is 306 g/mol. The Morgan fingerprint density at radius 1 is 1.05 bits per heavy atom. The van der Waals surface area contributed by atoms with Crippen LogP contribution in [-0.2, 0) is 0 Å². The van der Waals surface area contributed by atoms with Crippen LogP contribution in [0.25, 0.3) is 32.6 Å². The van der Waals surface area contributed by atoms with Gasteiger partial charge in [0.05, 0.1) is 27.6 Å². The monoisotopic (exact) mass is 313 g/mol. The summed E-state index contributed by atoms with van der Waals surface area (Å²) >= 11 is 7.38. The maximum Gasteiger partial charge on any atom is 0.151 e. The van der Waals surface area contributed by atoms with Gasteiger partial charge in [-0.3, -0.25) is 5.10 Å². The average molecular weight is 314 g/mol. The minimum Gasteiger partial charge on any atom is -0.285 e. The van der Waals surface area contributed by atoms with Gasteiger partial charge in [-0.2, -0.15) is 5.10 Å². The normalized spacial score (nSPS) is 11.1. The number of thiazole rings is 1. The molecule has 7 heteroatoms. The van der Waals surface area contributed by atoms with Gasteiger partial charge in [0, 0.05) is 22.9 Å². The van der Waals surface area contributed by atoms with Crippen molar-refractivity contribution in [3.8, 4) is 22.4 Å². The molecule has 0 bridgehead atoms. The van der Waals surface area contributed by atoms with Gasteiger partial charge in [-0.1, -0.05) is 23.7 Å². The number of rotatable bonds is 2. The van der Waals surface area contributed by atoms with Crippen LogP contribution in [0.4, 0.5) is 0 Å². The summed E-state index contributed by atoms with van der Waals surface area (Å²) in [6.07, 6.45) is 3.64. The number of hydrogen-bond donors (Lipinski definition) is 1. The third-order valence-corrected chi connectivity index (χ3v) is 4.26. The molecule has 0 radical (unpaired) electrons. The van der Waals surface area contributed by atoms with Crippen LogP contribution in [0, 0.1) is 0 Å². The van der Waals surface area contributed by atoms with Crippen molar-refractivity contribution in [3.05, 3.63) is 47.3 Å². The van der Waals surface area contributed by atoms with E-state index >= 15 is 0 Å². The van der Waals surface area contributed by atoms with E-state index in [2.05, 4.69) is 25.4 Å². The van der Waals surface area contributed by atoms with Crippen LogP contribution in [0.2, 0.25) is 5.15 Å². The van der Waals surface area contributed by atoms with Crippen LogP contribution in [0.5, 0.6) is 0 Å². The van der Waals surface area contributed by atoms with Crippen LogP contribution in [0.1, 0.15) is 0 Å². The van der Waals surface area contributed by atoms with Crippen LogP contribution < -0.4 is 0 Å². The Morgan fingerprint density at radius 2 is 1.95 bits per heavy atom. The van der Waals surface area contributed by atoms with E-state index < -0.39 is 0 Å². The van der Waals surface area contributed by atoms with Gasteiger partial charge in [0.15, 0.2) is 5.15 Å². The number of fused-ring (bicyclic) bond motifs is 1. The summed E-state index contributed by atoms with van der Waals surface area (Å²) in [5.74, 6) is 0. The number of benzene rings is 1. The second kappa shape index (κ2) is 4.91. The molecule has 4 rings (SSSR count). The molecule has 0 fully saturated rings. The number of aromatic nitrogens is 5. The quantitative estimate of drug-likeness (QED) is 0.611. The first-order chi connectivity index (χ1) is 10.3. The number of nitrogens with one attached hydrogen (secondary N) is 1. The van der Waals surface area contributed by atoms with E-state index in [4.69, 9.17) is 11.6 Å². The summed E-state index contributed by atoms with van der Waals surface area (Å²) in [5, 5.41) is 15.3. The third kappa shape index (κ3) is 2.09. The first-order valence-corrected chi connectivity index (χ1v) is 7.43. The van der Waals surface area contributed by atoms with E-state index in [1.165, 1.54) is 0 Å². The molecule has 0 aliphatic carbocycles. The van der Waals surface area contributed by atoms with Gasteiger partial charge in [-0.05, 0) is 12.1 Å². The molecule has 1 aromatic carbocycles. The minimum absolute atomic E-state index is 0.384. The molecule has 0 saturated carbocycles. The Hall–Kier alpha value is -2.31. The van der Waals surface area contributed by atoms with Crippen molar-refractivity contribution in [2.45, 2.75) is 0 Å². The molecule has 4 aromatic rings. The summed E-state index contributed by atoms with van der Waals surface area (Å²) in [4.78, 5) is 4.48. The zero-order chi connectivity index (χ0) is 14.2. The fourth-order valence-corrected chi connectivity index (χ4v) is 3.18. The average Bonchev–Trinajstić information content (AvgIpc) is 3.19. The Bertz CT molecular complexity index is 899. The maximum absolute atomic E-state index is 5.80. The highest BCUT2D eigenvalue weighted by Gasteiger charge is 2.13. The highest BCUT2D eigenvalue weighted by atomic mass is 35.5. The third-order valence-electron chi connectivity index (χ3n) is 3.20. The first kappa shape index (κ1) is 12.4. The van der Waals surface area contributed by atoms with Crippen molar-refractivity contribution < 1.29 is 0 Å². The molecule has 0 atom stereocenters. The van der Waals surface area contributed by atoms with Crippen molar-refractivity contribution in [1.29, 1.82) is 0 Å². The smallest absolute Gasteiger partial charge is 0.151 e. The molecule has 0 unspecified atom stereocenters. The van der Waals surface area contributed by atoms with E-state index in [0.29, 0.717) is 5.15 Å². The molecule has 102 valence electrons. The fourth-order valence-electron chi connectivity index (χ4n) is 2.24. The van der Waals surface area contributed by atoms with Gasteiger partial charge in [0.25, 0.3) is 0 Å². The molecule has 0 spiro atoms. The van der Waals surface area contributed by atoms with Crippen LogP contribution in [0.15, 0.2) is 42.2 Å². The number of aromatic amines is 1. The highest BCUT2D eigenvalue weighted by Crippen LogP contribution is 2.36. The highest BCUT2D eigenvalue weighted by molar-refractivity contribution is 7.17. The standard InChI is InChI=1S/C14H8ClN5S/c15-12-4-3-11(19-20-12)10-2-1-9(8-5-17-18-6-8)13-14(10)21-7-16-13/h1-7H,(H,17,18). The fraction of sp³-hybridized carbons (Fsp3) is 0. The number of hydrogen-bond acceptors (Lipinski definition) is 5. The van der Waals surface area contributed by atoms with Gasteiger partial charge in [-0.25, -0.2) is 4.98 Å². The number of nitrogens with zero attached hydrogens (tertiary/aromatic N) is 4. The Labute approximate surface area is 128 Å². The minimum atomic E-state index is 0.384. The van der Waals surface area contributed by atoms with Crippen molar-refractivity contribution in [1.82, 2.24) is 25.4 Å². The van der Waals surface area contributed by atoms with Crippen LogP contribution in [0.3, 0.4) is 0 Å². The lowest BCUT2D eigenvalue weighted by atomic mass is 10.0. The van der Waals surface area contributed by atoms with Crippen molar-refractivity contribution in [2.24, 2.45) is 0 Å². The number of H-pyrrole nitrogens is 1. The van der Waals surface area contributed by atoms with Crippen LogP contribution >= 0.6 is 22.9 Å². The molecule has 1 N–H and O–H groups in total. The summed E-state index contributed by atoms with van der Waals surface area (Å²) in [7, 11) is 0. The Morgan fingerprint density at radius 3 is 2.71 bits per heavy atom. The Kier molecular flexibility index (Phi) is 2.90. The van der Waals surface area contributed by atoms with Crippen LogP contribution in [-0.4, -0.2) is 25.4 Å². The van der Waals surface area contributed by atoms with E-state index in [0.717, 1.165) is 32.6 Å². The maximum atomic E-state index is 5.80. The molecule has 5 nitrogen and oxygen atoms in total. The summed E-state index contributed by atoms with van der Waals surface area (Å²) in [6, 6.07) is 7.65. The van der Waals surface area contributed by atoms with Gasteiger partial charge < -0.3 is 0 Å². The summed E-state index contributed by atoms with van der Waals surface area (Å²) < 4.78 is 1.07. The van der Waals surface area contributed by atoms with E-state index in [1.807, 2.05) is 29.9 Å². The molecule has 0 aliphatic rings. The molecule has 0 saturated heterocycles. The van der Waals surface area contributed by atoms with Crippen molar-refractivity contribution >= 4 is 33.2 Å². The van der Waals surface area contributed by atoms with Gasteiger partial charge in [0.1, 0.15) is 0 Å². The van der Waals surface area contributed by atoms with E-state index in [-0.39, 0.29) is 0 Å². The van der Waals surface area contributed by atoms with E-state index in [1.54, 1.807) is 23.6 Å². The molecule has 3 heterocycles. The first-order valence-electron chi connectivity index (χ1n) is 6.18. The zero-order valence-electron chi connectivity index (χ0n) is 10.6. The topological polar surface area (TPSA) is 67.3 Å². The summed E-state index contributed by atoms with van der Waals surface area (Å²) in [6.45, 7) is 0. The van der Waals surface area contributed by atoms with Gasteiger partial charge >= 0.3 is 0 Å². The molecule has 0 amide bonds. The molecular formula is C14H8ClN5S. The van der Waals surface area contributed by atoms with Crippen molar-refractivity contribution in [3.63, 3.8) is 0 Å². The van der Waals surface area contributed by atoms with Gasteiger partial charge in [-0.15, -0.1) is 21.5 Å². The molecule has 0 aliphatic heterocycles. The summed E-state index contributed by atoms with van der Waals surface area (Å²) in [5.41, 5.74) is 6.62. The lowest BCUT2D eigenvalue weighted by Crippen LogP contribution is -1.88. The second-order valence-corrected chi connectivity index (χ2v) is 5.66. The molecule has 3 aromatic heterocycles. The lowest BCUT2D eigenvalue weighted by Gasteiger charge is -2.05. The van der Waals surface area contributed by atoms with Crippen molar-refractivity contribution in [2.75, 3.05) is 0 Å². The zero-order valence-corrected chi connectivity index (χ0v) is 12.2. The number of halogens is 1. The second-order valence-electron chi connectivity index (χ2n) is 4.42.